The first kappa shape index (κ1) is 16.3. The molecule has 0 spiro atoms. The van der Waals surface area contributed by atoms with Gasteiger partial charge in [0, 0.05) is 31.2 Å². The molecule has 2 rings (SSSR count). The molecule has 0 aromatic carbocycles. The second kappa shape index (κ2) is 5.94. The molecule has 20 heavy (non-hydrogen) atoms. The summed E-state index contributed by atoms with van der Waals surface area (Å²) in [6.07, 6.45) is 3.14. The summed E-state index contributed by atoms with van der Waals surface area (Å²) in [6, 6.07) is 0.577. The summed E-state index contributed by atoms with van der Waals surface area (Å²) in [5, 5.41) is 3.82. The molecule has 1 aliphatic heterocycles. The quantitative estimate of drug-likeness (QED) is 0.839. The fourth-order valence-corrected chi connectivity index (χ4v) is 3.37. The lowest BCUT2D eigenvalue weighted by molar-refractivity contribution is -0.0197. The van der Waals surface area contributed by atoms with Gasteiger partial charge in [0.05, 0.1) is 12.7 Å². The van der Waals surface area contributed by atoms with E-state index in [1.807, 2.05) is 0 Å². The largest absolute Gasteiger partial charge is 0.377 e. The van der Waals surface area contributed by atoms with Gasteiger partial charge in [0.1, 0.15) is 0 Å². The van der Waals surface area contributed by atoms with Crippen molar-refractivity contribution in [1.29, 1.82) is 0 Å². The maximum absolute atomic E-state index is 5.80. The third kappa shape index (κ3) is 3.75. The zero-order valence-electron chi connectivity index (χ0n) is 14.3. The molecule has 1 aliphatic carbocycles. The van der Waals surface area contributed by atoms with Crippen molar-refractivity contribution < 1.29 is 4.74 Å². The van der Waals surface area contributed by atoms with Gasteiger partial charge in [0.2, 0.25) is 0 Å². The minimum atomic E-state index is 0.321. The molecule has 0 aromatic heterocycles. The Labute approximate surface area is 125 Å². The Balaban J connectivity index is 1.99. The van der Waals surface area contributed by atoms with Crippen LogP contribution in [-0.2, 0) is 4.74 Å². The van der Waals surface area contributed by atoms with E-state index in [1.165, 1.54) is 12.8 Å². The fourth-order valence-electron chi connectivity index (χ4n) is 3.37. The van der Waals surface area contributed by atoms with Crippen LogP contribution in [0.25, 0.3) is 0 Å². The maximum Gasteiger partial charge on any atom is 0.0597 e. The Morgan fingerprint density at radius 1 is 1.30 bits per heavy atom. The summed E-state index contributed by atoms with van der Waals surface area (Å²) in [7, 11) is 0. The zero-order valence-corrected chi connectivity index (χ0v) is 14.3. The monoisotopic (exact) mass is 282 g/mol. The topological polar surface area (TPSA) is 24.5 Å². The van der Waals surface area contributed by atoms with Gasteiger partial charge in [-0.3, -0.25) is 4.90 Å². The second-order valence-corrected chi connectivity index (χ2v) is 8.30. The zero-order chi connectivity index (χ0) is 15.0. The van der Waals surface area contributed by atoms with Crippen molar-refractivity contribution in [3.8, 4) is 0 Å². The highest BCUT2D eigenvalue weighted by Gasteiger charge is 2.49. The molecule has 2 unspecified atom stereocenters. The molecule has 0 radical (unpaired) electrons. The molecule has 0 aromatic rings. The Bertz CT molecular complexity index is 319. The van der Waals surface area contributed by atoms with Crippen molar-refractivity contribution >= 4 is 0 Å². The molecule has 118 valence electrons. The van der Waals surface area contributed by atoms with Crippen LogP contribution in [0.3, 0.4) is 0 Å². The van der Waals surface area contributed by atoms with Crippen LogP contribution in [0.15, 0.2) is 0 Å². The first-order chi connectivity index (χ1) is 9.23. The van der Waals surface area contributed by atoms with Crippen LogP contribution in [0.4, 0.5) is 0 Å². The second-order valence-electron chi connectivity index (χ2n) is 8.30. The Morgan fingerprint density at radius 3 is 2.45 bits per heavy atom. The van der Waals surface area contributed by atoms with E-state index in [0.717, 1.165) is 32.2 Å². The Morgan fingerprint density at radius 2 is 1.95 bits per heavy atom. The predicted octanol–water partition coefficient (Wildman–Crippen LogP) is 2.90. The van der Waals surface area contributed by atoms with E-state index in [2.05, 4.69) is 51.8 Å². The first-order valence-corrected chi connectivity index (χ1v) is 8.33. The molecule has 1 saturated heterocycles. The molecule has 1 heterocycles. The summed E-state index contributed by atoms with van der Waals surface area (Å²) in [5.41, 5.74) is 0.657. The number of hydrogen-bond donors (Lipinski definition) is 1. The number of piperazine rings is 1. The molecule has 1 N–H and O–H groups in total. The SMILES string of the molecule is CC(C)OCCN1CC(C(C)(C)C)NCC1(C)C1CC1. The molecule has 0 bridgehead atoms. The van der Waals surface area contributed by atoms with Gasteiger partial charge in [0.15, 0.2) is 0 Å². The van der Waals surface area contributed by atoms with Gasteiger partial charge in [-0.15, -0.1) is 0 Å². The van der Waals surface area contributed by atoms with Gasteiger partial charge in [-0.25, -0.2) is 0 Å². The van der Waals surface area contributed by atoms with Crippen LogP contribution in [0.2, 0.25) is 0 Å². The highest BCUT2D eigenvalue weighted by Crippen LogP contribution is 2.44. The van der Waals surface area contributed by atoms with Gasteiger partial charge >= 0.3 is 0 Å². The summed E-state index contributed by atoms with van der Waals surface area (Å²) in [4.78, 5) is 2.71. The van der Waals surface area contributed by atoms with E-state index >= 15 is 0 Å². The van der Waals surface area contributed by atoms with Crippen LogP contribution in [-0.4, -0.2) is 48.8 Å². The molecular formula is C17H34N2O. The van der Waals surface area contributed by atoms with E-state index in [-0.39, 0.29) is 0 Å². The first-order valence-electron chi connectivity index (χ1n) is 8.33. The molecule has 3 nitrogen and oxygen atoms in total. The number of ether oxygens (including phenoxy) is 1. The van der Waals surface area contributed by atoms with Gasteiger partial charge in [0.25, 0.3) is 0 Å². The lowest BCUT2D eigenvalue weighted by atomic mass is 9.81. The smallest absolute Gasteiger partial charge is 0.0597 e. The Hall–Kier alpha value is -0.120. The van der Waals surface area contributed by atoms with Crippen LogP contribution in [0.1, 0.15) is 54.4 Å². The van der Waals surface area contributed by atoms with Crippen molar-refractivity contribution in [3.05, 3.63) is 0 Å². The van der Waals surface area contributed by atoms with E-state index in [9.17, 15) is 0 Å². The van der Waals surface area contributed by atoms with Gasteiger partial charge in [-0.1, -0.05) is 20.8 Å². The van der Waals surface area contributed by atoms with Crippen molar-refractivity contribution in [2.24, 2.45) is 11.3 Å². The third-order valence-electron chi connectivity index (χ3n) is 5.15. The third-order valence-corrected chi connectivity index (χ3v) is 5.15. The predicted molar refractivity (Wildman–Crippen MR) is 85.0 cm³/mol. The summed E-state index contributed by atoms with van der Waals surface area (Å²) < 4.78 is 5.80. The highest BCUT2D eigenvalue weighted by atomic mass is 16.5. The van der Waals surface area contributed by atoms with Crippen LogP contribution >= 0.6 is 0 Å². The summed E-state index contributed by atoms with van der Waals surface area (Å²) in [6.45, 7) is 17.9. The number of nitrogens with zero attached hydrogens (tertiary/aromatic N) is 1. The van der Waals surface area contributed by atoms with Gasteiger partial charge in [-0.05, 0) is 44.9 Å². The van der Waals surface area contributed by atoms with Crippen molar-refractivity contribution in [1.82, 2.24) is 10.2 Å². The van der Waals surface area contributed by atoms with Crippen LogP contribution in [0, 0.1) is 11.3 Å². The highest BCUT2D eigenvalue weighted by molar-refractivity contribution is 5.06. The fraction of sp³-hybridized carbons (Fsp3) is 1.00. The molecule has 2 atom stereocenters. The van der Waals surface area contributed by atoms with Gasteiger partial charge < -0.3 is 10.1 Å². The lowest BCUT2D eigenvalue weighted by Gasteiger charge is -2.51. The van der Waals surface area contributed by atoms with E-state index in [1.54, 1.807) is 0 Å². The van der Waals surface area contributed by atoms with Gasteiger partial charge in [-0.2, -0.15) is 0 Å². The molecule has 0 amide bonds. The maximum atomic E-state index is 5.80. The average molecular weight is 282 g/mol. The molecule has 1 saturated carbocycles. The van der Waals surface area contributed by atoms with Crippen molar-refractivity contribution in [2.75, 3.05) is 26.2 Å². The lowest BCUT2D eigenvalue weighted by Crippen LogP contribution is -2.67. The van der Waals surface area contributed by atoms with Crippen molar-refractivity contribution in [2.45, 2.75) is 72.1 Å². The average Bonchev–Trinajstić information content (AvgIpc) is 3.13. The van der Waals surface area contributed by atoms with Crippen molar-refractivity contribution in [3.63, 3.8) is 0 Å². The normalized spacial score (nSPS) is 32.9. The number of rotatable bonds is 5. The minimum absolute atomic E-state index is 0.321. The van der Waals surface area contributed by atoms with E-state index in [0.29, 0.717) is 23.1 Å². The van der Waals surface area contributed by atoms with E-state index < -0.39 is 0 Å². The Kier molecular flexibility index (Phi) is 4.83. The molecular weight excluding hydrogens is 248 g/mol. The molecule has 2 fully saturated rings. The number of hydrogen-bond acceptors (Lipinski definition) is 3. The molecule has 2 aliphatic rings. The molecule has 3 heteroatoms. The summed E-state index contributed by atoms with van der Waals surface area (Å²) in [5.74, 6) is 0.884. The standard InChI is InChI=1S/C17H34N2O/c1-13(2)20-10-9-19-11-15(16(3,4)5)18-12-17(19,6)14-7-8-14/h13-15,18H,7-12H2,1-6H3. The van der Waals surface area contributed by atoms with Crippen LogP contribution in [0.5, 0.6) is 0 Å². The number of nitrogens with one attached hydrogen (secondary N) is 1. The summed E-state index contributed by atoms with van der Waals surface area (Å²) >= 11 is 0. The minimum Gasteiger partial charge on any atom is -0.377 e. The van der Waals surface area contributed by atoms with E-state index in [4.69, 9.17) is 4.74 Å². The van der Waals surface area contributed by atoms with Crippen LogP contribution < -0.4 is 5.32 Å².